The summed E-state index contributed by atoms with van der Waals surface area (Å²) < 4.78 is 10.0. The number of rotatable bonds is 3. The molecular formula is C13H19NO3. The molecule has 0 aromatic rings. The first-order valence-electron chi connectivity index (χ1n) is 5.68. The first kappa shape index (κ1) is 13.6. The van der Waals surface area contributed by atoms with Crippen molar-refractivity contribution in [3.05, 3.63) is 24.3 Å². The smallest absolute Gasteiger partial charge is 0.433 e. The molecule has 1 atom stereocenters. The van der Waals surface area contributed by atoms with Crippen LogP contribution in [0.4, 0.5) is 4.79 Å². The van der Waals surface area contributed by atoms with E-state index in [0.29, 0.717) is 11.6 Å². The Kier molecular flexibility index (Phi) is 4.63. The molecule has 0 saturated heterocycles. The zero-order chi connectivity index (χ0) is 12.9. The number of carbonyl (C=O) groups excluding carboxylic acids is 1. The first-order chi connectivity index (χ1) is 8.07. The fourth-order valence-corrected chi connectivity index (χ4v) is 1.75. The average molecular weight is 237 g/mol. The van der Waals surface area contributed by atoms with Crippen molar-refractivity contribution in [2.24, 2.45) is 10.9 Å². The van der Waals surface area contributed by atoms with Crippen molar-refractivity contribution in [2.75, 3.05) is 14.2 Å². The van der Waals surface area contributed by atoms with Crippen LogP contribution in [0.25, 0.3) is 0 Å². The first-order valence-corrected chi connectivity index (χ1v) is 5.68. The molecule has 0 saturated carbocycles. The van der Waals surface area contributed by atoms with Gasteiger partial charge in [0, 0.05) is 7.11 Å². The highest BCUT2D eigenvalue weighted by molar-refractivity contribution is 6.09. The van der Waals surface area contributed by atoms with E-state index >= 15 is 0 Å². The van der Waals surface area contributed by atoms with Crippen LogP contribution in [0.15, 0.2) is 29.3 Å². The monoisotopic (exact) mass is 237 g/mol. The van der Waals surface area contributed by atoms with Gasteiger partial charge in [-0.15, -0.1) is 0 Å². The third-order valence-corrected chi connectivity index (χ3v) is 3.16. The van der Waals surface area contributed by atoms with Crippen LogP contribution in [-0.2, 0) is 9.47 Å². The molecule has 0 aliphatic heterocycles. The topological polar surface area (TPSA) is 47.9 Å². The Morgan fingerprint density at radius 1 is 1.41 bits per heavy atom. The Morgan fingerprint density at radius 2 is 2.00 bits per heavy atom. The summed E-state index contributed by atoms with van der Waals surface area (Å²) in [6.07, 6.45) is 7.85. The molecule has 4 heteroatoms. The van der Waals surface area contributed by atoms with Gasteiger partial charge in [-0.2, -0.15) is 4.99 Å². The van der Waals surface area contributed by atoms with Gasteiger partial charge >= 0.3 is 6.09 Å². The normalized spacial score (nSPS) is 24.6. The van der Waals surface area contributed by atoms with Gasteiger partial charge in [-0.25, -0.2) is 4.79 Å². The van der Waals surface area contributed by atoms with Crippen LogP contribution in [-0.4, -0.2) is 31.6 Å². The minimum absolute atomic E-state index is 0.361. The molecule has 4 nitrogen and oxygen atoms in total. The Hall–Kier alpha value is -1.42. The van der Waals surface area contributed by atoms with E-state index in [-0.39, 0.29) is 0 Å². The molecule has 0 N–H and O–H groups in total. The minimum Gasteiger partial charge on any atom is -0.451 e. The van der Waals surface area contributed by atoms with Gasteiger partial charge < -0.3 is 9.47 Å². The number of carbonyl (C=O) groups is 1. The third kappa shape index (κ3) is 3.03. The van der Waals surface area contributed by atoms with E-state index in [1.807, 2.05) is 12.2 Å². The van der Waals surface area contributed by atoms with E-state index in [4.69, 9.17) is 4.74 Å². The summed E-state index contributed by atoms with van der Waals surface area (Å²) in [7, 11) is 2.99. The Labute approximate surface area is 102 Å². The SMILES string of the molecule is CCC(C)C1(OC)C=CC(=NC(=O)OC)C=C1. The lowest BCUT2D eigenvalue weighted by molar-refractivity contribution is 0.0273. The van der Waals surface area contributed by atoms with Crippen molar-refractivity contribution < 1.29 is 14.3 Å². The predicted octanol–water partition coefficient (Wildman–Crippen LogP) is 2.75. The molecule has 0 fully saturated rings. The second-order valence-corrected chi connectivity index (χ2v) is 4.04. The summed E-state index contributed by atoms with van der Waals surface area (Å²) in [5.74, 6) is 0.361. The zero-order valence-electron chi connectivity index (χ0n) is 10.8. The lowest BCUT2D eigenvalue weighted by Gasteiger charge is -2.33. The maximum Gasteiger partial charge on any atom is 0.433 e. The molecule has 1 amide bonds. The lowest BCUT2D eigenvalue weighted by atomic mass is 9.83. The molecule has 0 bridgehead atoms. The van der Waals surface area contributed by atoms with Gasteiger partial charge in [0.15, 0.2) is 0 Å². The Morgan fingerprint density at radius 3 is 2.41 bits per heavy atom. The van der Waals surface area contributed by atoms with E-state index in [1.165, 1.54) is 7.11 Å². The van der Waals surface area contributed by atoms with Gasteiger partial charge in [-0.3, -0.25) is 0 Å². The van der Waals surface area contributed by atoms with Crippen molar-refractivity contribution in [1.29, 1.82) is 0 Å². The van der Waals surface area contributed by atoms with Crippen LogP contribution in [0.1, 0.15) is 20.3 Å². The van der Waals surface area contributed by atoms with Crippen LogP contribution in [0.5, 0.6) is 0 Å². The summed E-state index contributed by atoms with van der Waals surface area (Å²) in [5.41, 5.74) is 0.178. The summed E-state index contributed by atoms with van der Waals surface area (Å²) in [4.78, 5) is 14.8. The maximum absolute atomic E-state index is 11.0. The van der Waals surface area contributed by atoms with E-state index in [0.717, 1.165) is 6.42 Å². The number of allylic oxidation sites excluding steroid dienone is 2. The van der Waals surface area contributed by atoms with Crippen molar-refractivity contribution in [3.63, 3.8) is 0 Å². The zero-order valence-corrected chi connectivity index (χ0v) is 10.8. The highest BCUT2D eigenvalue weighted by Gasteiger charge is 2.31. The minimum atomic E-state index is -0.595. The fourth-order valence-electron chi connectivity index (χ4n) is 1.75. The summed E-state index contributed by atoms with van der Waals surface area (Å²) in [6.45, 7) is 4.24. The number of nitrogens with zero attached hydrogens (tertiary/aromatic N) is 1. The molecule has 1 aliphatic carbocycles. The van der Waals surface area contributed by atoms with Crippen molar-refractivity contribution in [2.45, 2.75) is 25.9 Å². The number of aliphatic imine (C=N–C) groups is 1. The molecule has 0 radical (unpaired) electrons. The summed E-state index contributed by atoms with van der Waals surface area (Å²) in [6, 6.07) is 0. The van der Waals surface area contributed by atoms with Crippen LogP contribution in [0.3, 0.4) is 0 Å². The van der Waals surface area contributed by atoms with Crippen LogP contribution in [0.2, 0.25) is 0 Å². The molecule has 94 valence electrons. The van der Waals surface area contributed by atoms with Crippen molar-refractivity contribution >= 4 is 11.8 Å². The quantitative estimate of drug-likeness (QED) is 0.758. The van der Waals surface area contributed by atoms with E-state index < -0.39 is 11.7 Å². The number of ether oxygens (including phenoxy) is 2. The average Bonchev–Trinajstić information content (AvgIpc) is 2.38. The van der Waals surface area contributed by atoms with Gasteiger partial charge in [0.25, 0.3) is 0 Å². The number of hydrogen-bond acceptors (Lipinski definition) is 3. The van der Waals surface area contributed by atoms with Crippen molar-refractivity contribution in [1.82, 2.24) is 0 Å². The van der Waals surface area contributed by atoms with Gasteiger partial charge in [-0.1, -0.05) is 20.3 Å². The molecule has 0 heterocycles. The van der Waals surface area contributed by atoms with Crippen LogP contribution >= 0.6 is 0 Å². The second-order valence-electron chi connectivity index (χ2n) is 4.04. The molecule has 1 aliphatic rings. The maximum atomic E-state index is 11.0. The predicted molar refractivity (Wildman–Crippen MR) is 67.3 cm³/mol. The van der Waals surface area contributed by atoms with E-state index in [2.05, 4.69) is 23.6 Å². The molecule has 0 aromatic carbocycles. The van der Waals surface area contributed by atoms with Crippen LogP contribution < -0.4 is 0 Å². The highest BCUT2D eigenvalue weighted by Crippen LogP contribution is 2.29. The largest absolute Gasteiger partial charge is 0.451 e. The van der Waals surface area contributed by atoms with Crippen LogP contribution in [0, 0.1) is 5.92 Å². The molecule has 0 spiro atoms. The molecule has 1 unspecified atom stereocenters. The van der Waals surface area contributed by atoms with Gasteiger partial charge in [0.1, 0.15) is 5.60 Å². The van der Waals surface area contributed by atoms with Gasteiger partial charge in [0.05, 0.1) is 12.8 Å². The molecule has 17 heavy (non-hydrogen) atoms. The van der Waals surface area contributed by atoms with E-state index in [1.54, 1.807) is 19.3 Å². The molecule has 1 rings (SSSR count). The molecule has 0 aromatic heterocycles. The third-order valence-electron chi connectivity index (χ3n) is 3.16. The summed E-state index contributed by atoms with van der Waals surface area (Å²) in [5, 5.41) is 0. The van der Waals surface area contributed by atoms with E-state index in [9.17, 15) is 4.79 Å². The lowest BCUT2D eigenvalue weighted by Crippen LogP contribution is -2.36. The standard InChI is InChI=1S/C13H19NO3/c1-5-10(2)13(17-4)8-6-11(7-9-13)14-12(15)16-3/h6-10H,5H2,1-4H3. The Balaban J connectivity index is 2.88. The number of hydrogen-bond donors (Lipinski definition) is 0. The van der Waals surface area contributed by atoms with Crippen molar-refractivity contribution in [3.8, 4) is 0 Å². The Bertz CT molecular complexity index is 353. The second kappa shape index (κ2) is 5.77. The fraction of sp³-hybridized carbons (Fsp3) is 0.538. The number of methoxy groups -OCH3 is 2. The summed E-state index contributed by atoms with van der Waals surface area (Å²) >= 11 is 0. The van der Waals surface area contributed by atoms with Gasteiger partial charge in [-0.05, 0) is 30.2 Å². The molecular weight excluding hydrogens is 218 g/mol. The van der Waals surface area contributed by atoms with Gasteiger partial charge in [0.2, 0.25) is 0 Å². The number of amides is 1. The highest BCUT2D eigenvalue weighted by atomic mass is 16.5.